The Morgan fingerprint density at radius 2 is 1.79 bits per heavy atom. The number of phenolic OH excluding ortho intramolecular Hbond substituents is 1. The van der Waals surface area contributed by atoms with Crippen molar-refractivity contribution in [3.63, 3.8) is 0 Å². The van der Waals surface area contributed by atoms with Gasteiger partial charge in [0.15, 0.2) is 0 Å². The Bertz CT molecular complexity index is 529. The van der Waals surface area contributed by atoms with Crippen molar-refractivity contribution in [2.75, 3.05) is 30.8 Å². The fourth-order valence-corrected chi connectivity index (χ4v) is 1.76. The van der Waals surface area contributed by atoms with Crippen LogP contribution in [-0.4, -0.2) is 25.3 Å². The minimum Gasteiger partial charge on any atom is -0.506 e. The van der Waals surface area contributed by atoms with Crippen LogP contribution < -0.4 is 15.4 Å². The molecule has 0 aliphatic rings. The number of benzene rings is 2. The number of aromatic hydroxyl groups is 1. The van der Waals surface area contributed by atoms with E-state index in [-0.39, 0.29) is 5.75 Å². The number of phenols is 1. The van der Waals surface area contributed by atoms with E-state index in [2.05, 4.69) is 10.6 Å². The summed E-state index contributed by atoms with van der Waals surface area (Å²) in [5, 5.41) is 16.0. The molecule has 2 rings (SSSR count). The quantitative estimate of drug-likeness (QED) is 0.551. The van der Waals surface area contributed by atoms with Crippen molar-refractivity contribution in [2.24, 2.45) is 0 Å². The molecule has 0 bridgehead atoms. The normalized spacial score (nSPS) is 9.95. The Morgan fingerprint density at radius 3 is 2.58 bits per heavy atom. The van der Waals surface area contributed by atoms with Crippen molar-refractivity contribution in [2.45, 2.75) is 0 Å². The van der Waals surface area contributed by atoms with E-state index in [9.17, 15) is 5.11 Å². The highest BCUT2D eigenvalue weighted by Gasteiger charge is 1.98. The SMILES string of the molecule is COc1cccc(NCCNc2ccccc2O)c1. The van der Waals surface area contributed by atoms with Crippen LogP contribution in [0.3, 0.4) is 0 Å². The minimum absolute atomic E-state index is 0.267. The molecule has 0 amide bonds. The van der Waals surface area contributed by atoms with Gasteiger partial charge in [0.05, 0.1) is 12.8 Å². The van der Waals surface area contributed by atoms with Crippen molar-refractivity contribution in [3.05, 3.63) is 48.5 Å². The lowest BCUT2D eigenvalue weighted by Crippen LogP contribution is -2.13. The summed E-state index contributed by atoms with van der Waals surface area (Å²) in [7, 11) is 1.65. The van der Waals surface area contributed by atoms with Gasteiger partial charge in [-0.15, -0.1) is 0 Å². The maximum Gasteiger partial charge on any atom is 0.138 e. The van der Waals surface area contributed by atoms with Crippen molar-refractivity contribution in [1.82, 2.24) is 0 Å². The monoisotopic (exact) mass is 258 g/mol. The second kappa shape index (κ2) is 6.54. The number of hydrogen-bond acceptors (Lipinski definition) is 4. The Hall–Kier alpha value is -2.36. The molecule has 0 aliphatic carbocycles. The summed E-state index contributed by atoms with van der Waals surface area (Å²) in [6.07, 6.45) is 0. The lowest BCUT2D eigenvalue weighted by Gasteiger charge is -2.10. The number of ether oxygens (including phenoxy) is 1. The van der Waals surface area contributed by atoms with Crippen molar-refractivity contribution in [3.8, 4) is 11.5 Å². The van der Waals surface area contributed by atoms with Crippen LogP contribution in [0.4, 0.5) is 11.4 Å². The second-order valence-electron chi connectivity index (χ2n) is 4.10. The van der Waals surface area contributed by atoms with Gasteiger partial charge in [0.25, 0.3) is 0 Å². The summed E-state index contributed by atoms with van der Waals surface area (Å²) < 4.78 is 5.16. The largest absolute Gasteiger partial charge is 0.506 e. The highest BCUT2D eigenvalue weighted by molar-refractivity contribution is 5.55. The average Bonchev–Trinajstić information content (AvgIpc) is 2.45. The summed E-state index contributed by atoms with van der Waals surface area (Å²) in [6.45, 7) is 1.47. The Morgan fingerprint density at radius 1 is 1.00 bits per heavy atom. The molecule has 2 aromatic carbocycles. The molecule has 0 spiro atoms. The van der Waals surface area contributed by atoms with Gasteiger partial charge in [-0.25, -0.2) is 0 Å². The first kappa shape index (κ1) is 13.1. The Labute approximate surface area is 113 Å². The van der Waals surface area contributed by atoms with E-state index in [0.29, 0.717) is 0 Å². The molecule has 0 saturated heterocycles. The maximum absolute atomic E-state index is 9.60. The van der Waals surface area contributed by atoms with Gasteiger partial charge in [-0.1, -0.05) is 18.2 Å². The van der Waals surface area contributed by atoms with E-state index >= 15 is 0 Å². The molecule has 0 fully saturated rings. The van der Waals surface area contributed by atoms with Gasteiger partial charge in [0, 0.05) is 24.8 Å². The lowest BCUT2D eigenvalue weighted by atomic mass is 10.3. The van der Waals surface area contributed by atoms with Gasteiger partial charge in [-0.2, -0.15) is 0 Å². The lowest BCUT2D eigenvalue weighted by molar-refractivity contribution is 0.415. The summed E-state index contributed by atoms with van der Waals surface area (Å²) in [5.41, 5.74) is 1.76. The van der Waals surface area contributed by atoms with Gasteiger partial charge in [0.2, 0.25) is 0 Å². The van der Waals surface area contributed by atoms with Gasteiger partial charge >= 0.3 is 0 Å². The Balaban J connectivity index is 1.79. The molecule has 0 saturated carbocycles. The minimum atomic E-state index is 0.267. The molecule has 4 heteroatoms. The first-order chi connectivity index (χ1) is 9.29. The zero-order chi connectivity index (χ0) is 13.5. The third-order valence-corrected chi connectivity index (χ3v) is 2.74. The van der Waals surface area contributed by atoms with Gasteiger partial charge < -0.3 is 20.5 Å². The summed E-state index contributed by atoms with van der Waals surface area (Å²) >= 11 is 0. The first-order valence-electron chi connectivity index (χ1n) is 6.19. The third kappa shape index (κ3) is 3.81. The zero-order valence-corrected chi connectivity index (χ0v) is 10.9. The van der Waals surface area contributed by atoms with E-state index < -0.39 is 0 Å². The van der Waals surface area contributed by atoms with Gasteiger partial charge in [0.1, 0.15) is 11.5 Å². The van der Waals surface area contributed by atoms with Crippen molar-refractivity contribution >= 4 is 11.4 Å². The molecular formula is C15H18N2O2. The van der Waals surface area contributed by atoms with Gasteiger partial charge in [-0.05, 0) is 24.3 Å². The molecule has 4 nitrogen and oxygen atoms in total. The number of para-hydroxylation sites is 2. The molecule has 3 N–H and O–H groups in total. The van der Waals surface area contributed by atoms with E-state index in [4.69, 9.17) is 4.74 Å². The van der Waals surface area contributed by atoms with Crippen LogP contribution in [0.1, 0.15) is 0 Å². The van der Waals surface area contributed by atoms with Crippen molar-refractivity contribution in [1.29, 1.82) is 0 Å². The van der Waals surface area contributed by atoms with Crippen LogP contribution in [0.15, 0.2) is 48.5 Å². The zero-order valence-electron chi connectivity index (χ0n) is 10.9. The molecular weight excluding hydrogens is 240 g/mol. The van der Waals surface area contributed by atoms with Crippen LogP contribution in [0.2, 0.25) is 0 Å². The molecule has 0 unspecified atom stereocenters. The summed E-state index contributed by atoms with van der Waals surface area (Å²) in [6, 6.07) is 15.0. The standard InChI is InChI=1S/C15H18N2O2/c1-19-13-6-4-5-12(11-13)16-9-10-17-14-7-2-3-8-15(14)18/h2-8,11,16-18H,9-10H2,1H3. The number of methoxy groups -OCH3 is 1. The summed E-state index contributed by atoms with van der Waals surface area (Å²) in [5.74, 6) is 1.10. The maximum atomic E-state index is 9.60. The second-order valence-corrected chi connectivity index (χ2v) is 4.10. The smallest absolute Gasteiger partial charge is 0.138 e. The molecule has 2 aromatic rings. The fraction of sp³-hybridized carbons (Fsp3) is 0.200. The van der Waals surface area contributed by atoms with Gasteiger partial charge in [-0.3, -0.25) is 0 Å². The third-order valence-electron chi connectivity index (χ3n) is 2.74. The van der Waals surface area contributed by atoms with E-state index in [1.807, 2.05) is 36.4 Å². The van der Waals surface area contributed by atoms with E-state index in [1.165, 1.54) is 0 Å². The van der Waals surface area contributed by atoms with Crippen LogP contribution in [0.5, 0.6) is 11.5 Å². The molecule has 19 heavy (non-hydrogen) atoms. The predicted molar refractivity (Wildman–Crippen MR) is 78.1 cm³/mol. The molecule has 0 radical (unpaired) electrons. The molecule has 100 valence electrons. The highest BCUT2D eigenvalue weighted by Crippen LogP contribution is 2.21. The topological polar surface area (TPSA) is 53.5 Å². The highest BCUT2D eigenvalue weighted by atomic mass is 16.5. The number of nitrogens with one attached hydrogen (secondary N) is 2. The molecule has 0 atom stereocenters. The van der Waals surface area contributed by atoms with Crippen molar-refractivity contribution < 1.29 is 9.84 Å². The van der Waals surface area contributed by atoms with E-state index in [1.54, 1.807) is 19.2 Å². The predicted octanol–water partition coefficient (Wildman–Crippen LogP) is 2.92. The van der Waals surface area contributed by atoms with Crippen LogP contribution >= 0.6 is 0 Å². The molecule has 0 aliphatic heterocycles. The van der Waals surface area contributed by atoms with Crippen LogP contribution in [-0.2, 0) is 0 Å². The number of hydrogen-bond donors (Lipinski definition) is 3. The van der Waals surface area contributed by atoms with Crippen LogP contribution in [0.25, 0.3) is 0 Å². The number of anilines is 2. The Kier molecular flexibility index (Phi) is 4.50. The number of rotatable bonds is 6. The molecule has 0 heterocycles. The first-order valence-corrected chi connectivity index (χ1v) is 6.19. The summed E-state index contributed by atoms with van der Waals surface area (Å²) in [4.78, 5) is 0. The van der Waals surface area contributed by atoms with Crippen LogP contribution in [0, 0.1) is 0 Å². The average molecular weight is 258 g/mol. The fourth-order valence-electron chi connectivity index (χ4n) is 1.76. The van der Waals surface area contributed by atoms with E-state index in [0.717, 1.165) is 30.2 Å². The molecule has 0 aromatic heterocycles.